The molecule has 0 radical (unpaired) electrons. The zero-order valence-electron chi connectivity index (χ0n) is 17.2. The van der Waals surface area contributed by atoms with E-state index in [9.17, 15) is 4.79 Å². The number of rotatable bonds is 4. The van der Waals surface area contributed by atoms with E-state index in [0.717, 1.165) is 38.8 Å². The number of aromatic amines is 1. The maximum atomic E-state index is 12.7. The Morgan fingerprint density at radius 2 is 1.52 bits per heavy atom. The quantitative estimate of drug-likeness (QED) is 0.532. The van der Waals surface area contributed by atoms with Crippen LogP contribution < -0.4 is 19.9 Å². The van der Waals surface area contributed by atoms with Gasteiger partial charge >= 0.3 is 0 Å². The Hall–Kier alpha value is -3.54. The normalized spacial score (nSPS) is 11.1. The summed E-state index contributed by atoms with van der Waals surface area (Å²) < 4.78 is 11.0. The number of aryl methyl sites for hydroxylation is 1. The maximum absolute atomic E-state index is 12.7. The molecule has 6 nitrogen and oxygen atoms in total. The van der Waals surface area contributed by atoms with E-state index in [2.05, 4.69) is 4.98 Å². The van der Waals surface area contributed by atoms with Crippen molar-refractivity contribution in [1.82, 2.24) is 9.97 Å². The van der Waals surface area contributed by atoms with Crippen molar-refractivity contribution in [3.8, 4) is 22.8 Å². The van der Waals surface area contributed by atoms with Crippen LogP contribution in [0.5, 0.6) is 11.5 Å². The van der Waals surface area contributed by atoms with Gasteiger partial charge in [0, 0.05) is 41.8 Å². The van der Waals surface area contributed by atoms with Crippen LogP contribution in [0.15, 0.2) is 47.3 Å². The molecule has 2 aromatic carbocycles. The van der Waals surface area contributed by atoms with E-state index in [0.29, 0.717) is 17.0 Å². The number of aromatic nitrogens is 2. The summed E-state index contributed by atoms with van der Waals surface area (Å²) in [6.45, 7) is 1.86. The fraction of sp³-hybridized carbons (Fsp3) is 0.217. The lowest BCUT2D eigenvalue weighted by Gasteiger charge is -2.15. The van der Waals surface area contributed by atoms with E-state index in [1.807, 2.05) is 68.4 Å². The van der Waals surface area contributed by atoms with Crippen LogP contribution in [0.3, 0.4) is 0 Å². The van der Waals surface area contributed by atoms with Gasteiger partial charge in [0.1, 0.15) is 5.52 Å². The molecule has 4 rings (SSSR count). The summed E-state index contributed by atoms with van der Waals surface area (Å²) in [6.07, 6.45) is 0. The molecular weight excluding hydrogens is 366 g/mol. The fourth-order valence-corrected chi connectivity index (χ4v) is 3.61. The molecule has 2 heterocycles. The number of benzene rings is 2. The predicted octanol–water partition coefficient (Wildman–Crippen LogP) is 4.13. The predicted molar refractivity (Wildman–Crippen MR) is 117 cm³/mol. The van der Waals surface area contributed by atoms with Crippen LogP contribution >= 0.6 is 0 Å². The Bertz CT molecular complexity index is 1280. The standard InChI is InChI=1S/C23H23N3O3/c1-13-10-17-16-11-19(28-4)20(29-5)12-18(16)21(25-22(17)23(27)24-13)14-6-8-15(9-7-14)26(2)3/h6-12H,1-5H3,(H,24,27). The maximum Gasteiger partial charge on any atom is 0.274 e. The molecule has 1 N–H and O–H groups in total. The van der Waals surface area contributed by atoms with Gasteiger partial charge in [0.2, 0.25) is 0 Å². The Kier molecular flexibility index (Phi) is 4.62. The minimum absolute atomic E-state index is 0.206. The average Bonchev–Trinajstić information content (AvgIpc) is 2.72. The highest BCUT2D eigenvalue weighted by atomic mass is 16.5. The summed E-state index contributed by atoms with van der Waals surface area (Å²) in [5.41, 5.74) is 3.72. The second kappa shape index (κ2) is 7.13. The molecule has 0 spiro atoms. The van der Waals surface area contributed by atoms with Crippen molar-refractivity contribution in [1.29, 1.82) is 0 Å². The first-order chi connectivity index (χ1) is 13.9. The molecule has 6 heteroatoms. The number of methoxy groups -OCH3 is 2. The minimum atomic E-state index is -0.206. The summed E-state index contributed by atoms with van der Waals surface area (Å²) in [6, 6.07) is 13.9. The van der Waals surface area contributed by atoms with Crippen LogP contribution in [0.1, 0.15) is 5.69 Å². The molecule has 0 bridgehead atoms. The van der Waals surface area contributed by atoms with Crippen molar-refractivity contribution >= 4 is 27.4 Å². The molecule has 4 aromatic rings. The topological polar surface area (TPSA) is 67.5 Å². The van der Waals surface area contributed by atoms with Gasteiger partial charge in [0.25, 0.3) is 5.56 Å². The van der Waals surface area contributed by atoms with Gasteiger partial charge < -0.3 is 19.4 Å². The molecule has 0 aliphatic carbocycles. The van der Waals surface area contributed by atoms with Crippen LogP contribution in [0.4, 0.5) is 5.69 Å². The highest BCUT2D eigenvalue weighted by molar-refractivity contribution is 6.11. The van der Waals surface area contributed by atoms with E-state index >= 15 is 0 Å². The van der Waals surface area contributed by atoms with Gasteiger partial charge in [-0.3, -0.25) is 4.79 Å². The Labute approximate surface area is 168 Å². The Morgan fingerprint density at radius 3 is 2.10 bits per heavy atom. The number of hydrogen-bond donors (Lipinski definition) is 1. The number of nitrogens with one attached hydrogen (secondary N) is 1. The number of ether oxygens (including phenoxy) is 2. The number of H-pyrrole nitrogens is 1. The number of nitrogens with zero attached hydrogens (tertiary/aromatic N) is 2. The zero-order valence-corrected chi connectivity index (χ0v) is 17.2. The summed E-state index contributed by atoms with van der Waals surface area (Å²) in [4.78, 5) is 22.3. The number of pyridine rings is 2. The SMILES string of the molecule is COc1cc2c(-c3ccc(N(C)C)cc3)nc3c(=O)[nH]c(C)cc3c2cc1OC. The molecule has 0 aliphatic rings. The van der Waals surface area contributed by atoms with Crippen molar-refractivity contribution in [2.45, 2.75) is 6.92 Å². The van der Waals surface area contributed by atoms with Crippen molar-refractivity contribution in [2.75, 3.05) is 33.2 Å². The van der Waals surface area contributed by atoms with E-state index < -0.39 is 0 Å². The smallest absolute Gasteiger partial charge is 0.274 e. The molecule has 2 aromatic heterocycles. The zero-order chi connectivity index (χ0) is 20.7. The van der Waals surface area contributed by atoms with Gasteiger partial charge in [0.15, 0.2) is 11.5 Å². The highest BCUT2D eigenvalue weighted by Crippen LogP contribution is 2.39. The van der Waals surface area contributed by atoms with Crippen LogP contribution in [0.25, 0.3) is 32.9 Å². The number of anilines is 1. The first-order valence-electron chi connectivity index (χ1n) is 9.30. The van der Waals surface area contributed by atoms with Gasteiger partial charge in [-0.2, -0.15) is 0 Å². The van der Waals surface area contributed by atoms with Crippen LogP contribution in [0, 0.1) is 6.92 Å². The molecular formula is C23H23N3O3. The summed E-state index contributed by atoms with van der Waals surface area (Å²) in [5, 5.41) is 2.59. The molecule has 0 atom stereocenters. The van der Waals surface area contributed by atoms with E-state index in [1.54, 1.807) is 14.2 Å². The third-order valence-corrected chi connectivity index (χ3v) is 5.09. The number of fused-ring (bicyclic) bond motifs is 3. The van der Waals surface area contributed by atoms with Crippen LogP contribution in [-0.2, 0) is 0 Å². The third kappa shape index (κ3) is 3.16. The third-order valence-electron chi connectivity index (χ3n) is 5.09. The Balaban J connectivity index is 2.13. The summed E-state index contributed by atoms with van der Waals surface area (Å²) >= 11 is 0. The van der Waals surface area contributed by atoms with Crippen molar-refractivity contribution < 1.29 is 9.47 Å². The molecule has 29 heavy (non-hydrogen) atoms. The first kappa shape index (κ1) is 18.8. The number of hydrogen-bond acceptors (Lipinski definition) is 5. The lowest BCUT2D eigenvalue weighted by Crippen LogP contribution is -2.10. The van der Waals surface area contributed by atoms with E-state index in [4.69, 9.17) is 14.5 Å². The van der Waals surface area contributed by atoms with Crippen molar-refractivity contribution in [2.24, 2.45) is 0 Å². The molecule has 0 saturated carbocycles. The van der Waals surface area contributed by atoms with Crippen molar-refractivity contribution in [3.63, 3.8) is 0 Å². The second-order valence-electron chi connectivity index (χ2n) is 7.20. The van der Waals surface area contributed by atoms with Gasteiger partial charge in [-0.05, 0) is 42.6 Å². The van der Waals surface area contributed by atoms with Gasteiger partial charge in [-0.15, -0.1) is 0 Å². The van der Waals surface area contributed by atoms with Crippen molar-refractivity contribution in [3.05, 3.63) is 58.5 Å². The van der Waals surface area contributed by atoms with Gasteiger partial charge in [-0.25, -0.2) is 4.98 Å². The molecule has 0 aliphatic heterocycles. The Morgan fingerprint density at radius 1 is 0.897 bits per heavy atom. The van der Waals surface area contributed by atoms with Gasteiger partial charge in [-0.1, -0.05) is 12.1 Å². The van der Waals surface area contributed by atoms with E-state index in [1.165, 1.54) is 0 Å². The molecule has 148 valence electrons. The molecule has 0 amide bonds. The van der Waals surface area contributed by atoms with Crippen LogP contribution in [0.2, 0.25) is 0 Å². The largest absolute Gasteiger partial charge is 0.493 e. The first-order valence-corrected chi connectivity index (χ1v) is 9.30. The lowest BCUT2D eigenvalue weighted by atomic mass is 9.99. The average molecular weight is 389 g/mol. The summed E-state index contributed by atoms with van der Waals surface area (Å²) in [5.74, 6) is 1.23. The molecule has 0 saturated heterocycles. The molecule has 0 unspecified atom stereocenters. The highest BCUT2D eigenvalue weighted by Gasteiger charge is 2.17. The monoisotopic (exact) mass is 389 g/mol. The fourth-order valence-electron chi connectivity index (χ4n) is 3.61. The molecule has 0 fully saturated rings. The van der Waals surface area contributed by atoms with E-state index in [-0.39, 0.29) is 5.56 Å². The second-order valence-corrected chi connectivity index (χ2v) is 7.20. The minimum Gasteiger partial charge on any atom is -0.493 e. The van der Waals surface area contributed by atoms with Gasteiger partial charge in [0.05, 0.1) is 19.9 Å². The summed E-state index contributed by atoms with van der Waals surface area (Å²) in [7, 11) is 7.21. The lowest BCUT2D eigenvalue weighted by molar-refractivity contribution is 0.356. The van der Waals surface area contributed by atoms with Crippen LogP contribution in [-0.4, -0.2) is 38.3 Å².